The van der Waals surface area contributed by atoms with E-state index < -0.39 is 0 Å². The van der Waals surface area contributed by atoms with Crippen molar-refractivity contribution in [2.75, 3.05) is 13.7 Å². The minimum atomic E-state index is 0.884. The summed E-state index contributed by atoms with van der Waals surface area (Å²) in [6, 6.07) is 0.884. The van der Waals surface area contributed by atoms with E-state index in [1.807, 2.05) is 0 Å². The van der Waals surface area contributed by atoms with Crippen molar-refractivity contribution in [1.82, 2.24) is 5.32 Å². The lowest BCUT2D eigenvalue weighted by Gasteiger charge is -1.71. The summed E-state index contributed by atoms with van der Waals surface area (Å²) in [5.74, 6) is 0. The Morgan fingerprint density at radius 2 is 2.14 bits per heavy atom. The highest BCUT2D eigenvalue weighted by molar-refractivity contribution is 4.80. The molecule has 0 aliphatic carbocycles. The van der Waals surface area contributed by atoms with E-state index in [1.165, 1.54) is 13.0 Å². The van der Waals surface area contributed by atoms with E-state index in [-0.39, 0.29) is 0 Å². The first-order valence-electron chi connectivity index (χ1n) is 2.61. The fourth-order valence-corrected chi connectivity index (χ4v) is 0.372. The highest BCUT2D eigenvalue weighted by atomic mass is 16.2. The van der Waals surface area contributed by atoms with E-state index >= 15 is 0 Å². The molecular formula is C5H13NO. The topological polar surface area (TPSA) is 42.2 Å². The molecule has 0 aromatic carbocycles. The molecule has 0 aromatic heterocycles. The van der Waals surface area contributed by atoms with Crippen LogP contribution in [0.4, 0.5) is 0 Å². The second-order valence-electron chi connectivity index (χ2n) is 1.51. The van der Waals surface area contributed by atoms with Crippen molar-refractivity contribution in [3.05, 3.63) is 0 Å². The first kappa shape index (κ1) is 6.92. The molecule has 0 radical (unpaired) electrons. The van der Waals surface area contributed by atoms with Gasteiger partial charge in [-0.2, -0.15) is 0 Å². The zero-order valence-electron chi connectivity index (χ0n) is 4.94. The highest BCUT2D eigenvalue weighted by Crippen LogP contribution is 1.98. The molecule has 1 atom stereocenters. The largest absolute Gasteiger partial charge is 0.400 e. The molecule has 7 heavy (non-hydrogen) atoms. The van der Waals surface area contributed by atoms with E-state index in [4.69, 9.17) is 5.11 Å². The van der Waals surface area contributed by atoms with Crippen molar-refractivity contribution in [2.45, 2.75) is 19.4 Å². The Morgan fingerprint density at radius 3 is 2.14 bits per heavy atom. The van der Waals surface area contributed by atoms with Gasteiger partial charge in [0.1, 0.15) is 0 Å². The van der Waals surface area contributed by atoms with Crippen LogP contribution in [0.5, 0.6) is 0 Å². The van der Waals surface area contributed by atoms with Crippen molar-refractivity contribution in [2.24, 2.45) is 0 Å². The van der Waals surface area contributed by atoms with Crippen LogP contribution in [0.3, 0.4) is 0 Å². The van der Waals surface area contributed by atoms with Gasteiger partial charge in [-0.05, 0) is 6.42 Å². The number of rotatable bonds is 1. The van der Waals surface area contributed by atoms with Crippen LogP contribution in [-0.4, -0.2) is 24.8 Å². The molecule has 2 heteroatoms. The Hall–Kier alpha value is -0.0800. The number of aliphatic hydroxyl groups is 1. The third kappa shape index (κ3) is 3.76. The lowest BCUT2D eigenvalue weighted by molar-refractivity contribution is 0.399. The lowest BCUT2D eigenvalue weighted by atomic mass is 10.4. The fourth-order valence-electron chi connectivity index (χ4n) is 0.372. The van der Waals surface area contributed by atoms with Crippen molar-refractivity contribution in [3.63, 3.8) is 0 Å². The van der Waals surface area contributed by atoms with Gasteiger partial charge in [0.15, 0.2) is 0 Å². The number of hydrogen-bond acceptors (Lipinski definition) is 2. The Morgan fingerprint density at radius 1 is 1.71 bits per heavy atom. The van der Waals surface area contributed by atoms with Crippen LogP contribution in [0.1, 0.15) is 13.3 Å². The summed E-state index contributed by atoms with van der Waals surface area (Å²) in [6.07, 6.45) is 1.31. The minimum absolute atomic E-state index is 0.884. The van der Waals surface area contributed by atoms with Crippen LogP contribution in [0, 0.1) is 0 Å². The summed E-state index contributed by atoms with van der Waals surface area (Å²) < 4.78 is 0. The van der Waals surface area contributed by atoms with Crippen molar-refractivity contribution in [1.29, 1.82) is 0 Å². The monoisotopic (exact) mass is 103 g/mol. The molecule has 44 valence electrons. The molecule has 1 aliphatic heterocycles. The molecule has 1 rings (SSSR count). The lowest BCUT2D eigenvalue weighted by Crippen LogP contribution is -1.81. The van der Waals surface area contributed by atoms with Crippen LogP contribution in [-0.2, 0) is 0 Å². The summed E-state index contributed by atoms with van der Waals surface area (Å²) >= 11 is 0. The second kappa shape index (κ2) is 4.09. The Kier molecular flexibility index (Phi) is 4.04. The summed E-state index contributed by atoms with van der Waals surface area (Å²) in [7, 11) is 1.00. The SMILES string of the molecule is CCC1CN1.CO. The summed E-state index contributed by atoms with van der Waals surface area (Å²) in [6.45, 7) is 3.46. The average Bonchev–Trinajstić information content (AvgIpc) is 2.52. The molecule has 0 saturated carbocycles. The normalized spacial score (nSPS) is 25.3. The van der Waals surface area contributed by atoms with Gasteiger partial charge in [0.2, 0.25) is 0 Å². The molecule has 1 heterocycles. The summed E-state index contributed by atoms with van der Waals surface area (Å²) in [5.41, 5.74) is 0. The Bertz CT molecular complexity index is 35.1. The highest BCUT2D eigenvalue weighted by Gasteiger charge is 2.15. The van der Waals surface area contributed by atoms with Gasteiger partial charge < -0.3 is 10.4 Å². The van der Waals surface area contributed by atoms with Crippen LogP contribution >= 0.6 is 0 Å². The van der Waals surface area contributed by atoms with Gasteiger partial charge >= 0.3 is 0 Å². The van der Waals surface area contributed by atoms with Gasteiger partial charge in [-0.15, -0.1) is 0 Å². The molecule has 0 bridgehead atoms. The Labute approximate surface area is 44.5 Å². The molecular weight excluding hydrogens is 90.1 g/mol. The maximum absolute atomic E-state index is 7.00. The maximum Gasteiger partial charge on any atom is 0.0319 e. The zero-order valence-corrected chi connectivity index (χ0v) is 4.94. The van der Waals surface area contributed by atoms with Crippen LogP contribution in [0.2, 0.25) is 0 Å². The van der Waals surface area contributed by atoms with Gasteiger partial charge in [0, 0.05) is 19.7 Å². The van der Waals surface area contributed by atoms with E-state index in [9.17, 15) is 0 Å². The fraction of sp³-hybridized carbons (Fsp3) is 1.00. The van der Waals surface area contributed by atoms with Crippen molar-refractivity contribution >= 4 is 0 Å². The van der Waals surface area contributed by atoms with Gasteiger partial charge in [-0.3, -0.25) is 0 Å². The quantitative estimate of drug-likeness (QED) is 0.458. The van der Waals surface area contributed by atoms with E-state index in [0.29, 0.717) is 0 Å². The first-order valence-corrected chi connectivity index (χ1v) is 2.61. The van der Waals surface area contributed by atoms with E-state index in [1.54, 1.807) is 0 Å². The predicted octanol–water partition coefficient (Wildman–Crippen LogP) is -0.0233. The molecule has 1 aliphatic rings. The molecule has 1 fully saturated rings. The third-order valence-electron chi connectivity index (χ3n) is 0.986. The molecule has 0 amide bonds. The van der Waals surface area contributed by atoms with Gasteiger partial charge in [0.05, 0.1) is 0 Å². The first-order chi connectivity index (χ1) is 3.43. The predicted molar refractivity (Wildman–Crippen MR) is 30.2 cm³/mol. The molecule has 0 aromatic rings. The summed E-state index contributed by atoms with van der Waals surface area (Å²) in [4.78, 5) is 0. The molecule has 2 N–H and O–H groups in total. The van der Waals surface area contributed by atoms with Crippen LogP contribution < -0.4 is 5.32 Å². The van der Waals surface area contributed by atoms with Crippen LogP contribution in [0.25, 0.3) is 0 Å². The van der Waals surface area contributed by atoms with Gasteiger partial charge in [0.25, 0.3) is 0 Å². The third-order valence-corrected chi connectivity index (χ3v) is 0.986. The Balaban J connectivity index is 0.000000162. The van der Waals surface area contributed by atoms with E-state index in [0.717, 1.165) is 13.2 Å². The smallest absolute Gasteiger partial charge is 0.0319 e. The second-order valence-corrected chi connectivity index (χ2v) is 1.51. The standard InChI is InChI=1S/C4H9N.CH4O/c1-2-4-3-5-4;1-2/h4-5H,2-3H2,1H3;2H,1H3. The summed E-state index contributed by atoms with van der Waals surface area (Å²) in [5, 5.41) is 10.2. The number of aliphatic hydroxyl groups excluding tert-OH is 1. The zero-order chi connectivity index (χ0) is 5.70. The van der Waals surface area contributed by atoms with Gasteiger partial charge in [-0.1, -0.05) is 6.92 Å². The van der Waals surface area contributed by atoms with Crippen molar-refractivity contribution in [3.8, 4) is 0 Å². The van der Waals surface area contributed by atoms with Gasteiger partial charge in [-0.25, -0.2) is 0 Å². The average molecular weight is 103 g/mol. The minimum Gasteiger partial charge on any atom is -0.400 e. The molecule has 1 unspecified atom stereocenters. The molecule has 2 nitrogen and oxygen atoms in total. The number of hydrogen-bond donors (Lipinski definition) is 2. The van der Waals surface area contributed by atoms with Crippen LogP contribution in [0.15, 0.2) is 0 Å². The molecule has 1 saturated heterocycles. The maximum atomic E-state index is 7.00. The number of nitrogens with one attached hydrogen (secondary N) is 1. The molecule has 0 spiro atoms. The van der Waals surface area contributed by atoms with E-state index in [2.05, 4.69) is 12.2 Å². The van der Waals surface area contributed by atoms with Crippen molar-refractivity contribution < 1.29 is 5.11 Å².